The van der Waals surface area contributed by atoms with E-state index in [9.17, 15) is 9.90 Å². The lowest BCUT2D eigenvalue weighted by Crippen LogP contribution is -2.22. The Labute approximate surface area is 115 Å². The first-order valence-corrected chi connectivity index (χ1v) is 6.85. The third kappa shape index (κ3) is 3.51. The van der Waals surface area contributed by atoms with Gasteiger partial charge in [-0.3, -0.25) is 4.79 Å². The summed E-state index contributed by atoms with van der Waals surface area (Å²) in [6.07, 6.45) is 1.68. The second-order valence-corrected chi connectivity index (χ2v) is 4.91. The van der Waals surface area contributed by atoms with Gasteiger partial charge in [0.05, 0.1) is 5.69 Å². The Morgan fingerprint density at radius 2 is 2.32 bits per heavy atom. The smallest absolute Gasteiger partial charge is 0.265 e. The average Bonchev–Trinajstić information content (AvgIpc) is 2.85. The van der Waals surface area contributed by atoms with Gasteiger partial charge in [0.1, 0.15) is 10.6 Å². The molecular formula is C13H15N3O2S. The zero-order valence-corrected chi connectivity index (χ0v) is 11.4. The molecule has 0 bridgehead atoms. The standard InChI is InChI=1S/C13H15N3O2S/c1-2-4-11-12(19-16-15-11)13(18)14-8-9-5-3-6-10(17)7-9/h3,5-7,17H,2,4,8H2,1H3,(H,14,18). The van der Waals surface area contributed by atoms with Crippen LogP contribution in [0.5, 0.6) is 5.75 Å². The lowest BCUT2D eigenvalue weighted by Gasteiger charge is -2.05. The Kier molecular flexibility index (Phi) is 4.46. The largest absolute Gasteiger partial charge is 0.508 e. The van der Waals surface area contributed by atoms with Crippen LogP contribution in [0.3, 0.4) is 0 Å². The maximum Gasteiger partial charge on any atom is 0.265 e. The van der Waals surface area contributed by atoms with E-state index in [0.29, 0.717) is 11.4 Å². The topological polar surface area (TPSA) is 75.1 Å². The monoisotopic (exact) mass is 277 g/mol. The average molecular weight is 277 g/mol. The van der Waals surface area contributed by atoms with Crippen LogP contribution in [0.25, 0.3) is 0 Å². The Morgan fingerprint density at radius 1 is 1.47 bits per heavy atom. The number of rotatable bonds is 5. The SMILES string of the molecule is CCCc1nnsc1C(=O)NCc1cccc(O)c1. The number of hydrogen-bond donors (Lipinski definition) is 2. The molecule has 0 unspecified atom stereocenters. The normalized spacial score (nSPS) is 10.4. The molecule has 2 N–H and O–H groups in total. The minimum atomic E-state index is -0.165. The lowest BCUT2D eigenvalue weighted by molar-refractivity contribution is 0.0953. The zero-order valence-electron chi connectivity index (χ0n) is 10.6. The summed E-state index contributed by atoms with van der Waals surface area (Å²) < 4.78 is 3.82. The number of aromatic hydroxyl groups is 1. The van der Waals surface area contributed by atoms with Gasteiger partial charge in [0.2, 0.25) is 0 Å². The van der Waals surface area contributed by atoms with Gasteiger partial charge in [-0.25, -0.2) is 0 Å². The first-order chi connectivity index (χ1) is 9.20. The van der Waals surface area contributed by atoms with Gasteiger partial charge in [-0.2, -0.15) is 0 Å². The predicted molar refractivity (Wildman–Crippen MR) is 73.2 cm³/mol. The molecule has 0 aliphatic rings. The number of hydrogen-bond acceptors (Lipinski definition) is 5. The zero-order chi connectivity index (χ0) is 13.7. The second-order valence-electron chi connectivity index (χ2n) is 4.15. The van der Waals surface area contributed by atoms with Crippen LogP contribution in [0.15, 0.2) is 24.3 Å². The van der Waals surface area contributed by atoms with Crippen molar-refractivity contribution >= 4 is 17.4 Å². The summed E-state index contributed by atoms with van der Waals surface area (Å²) in [5.41, 5.74) is 1.60. The molecule has 0 atom stereocenters. The van der Waals surface area contributed by atoms with E-state index in [0.717, 1.165) is 35.6 Å². The third-order valence-corrected chi connectivity index (χ3v) is 3.38. The fraction of sp³-hybridized carbons (Fsp3) is 0.308. The quantitative estimate of drug-likeness (QED) is 0.878. The summed E-state index contributed by atoms with van der Waals surface area (Å²) >= 11 is 1.11. The number of phenolic OH excluding ortho intramolecular Hbond substituents is 1. The highest BCUT2D eigenvalue weighted by Crippen LogP contribution is 2.14. The van der Waals surface area contributed by atoms with E-state index >= 15 is 0 Å². The van der Waals surface area contributed by atoms with Gasteiger partial charge in [0.25, 0.3) is 5.91 Å². The van der Waals surface area contributed by atoms with Crippen molar-refractivity contribution in [1.29, 1.82) is 0 Å². The molecule has 0 aliphatic heterocycles. The highest BCUT2D eigenvalue weighted by Gasteiger charge is 2.15. The molecule has 19 heavy (non-hydrogen) atoms. The Morgan fingerprint density at radius 3 is 3.05 bits per heavy atom. The van der Waals surface area contributed by atoms with Crippen molar-refractivity contribution in [3.8, 4) is 5.75 Å². The van der Waals surface area contributed by atoms with Crippen LogP contribution in [0.1, 0.15) is 34.3 Å². The van der Waals surface area contributed by atoms with Gasteiger partial charge in [-0.05, 0) is 35.6 Å². The molecule has 0 spiro atoms. The third-order valence-electron chi connectivity index (χ3n) is 2.61. The van der Waals surface area contributed by atoms with Crippen LogP contribution >= 0.6 is 11.5 Å². The Bertz CT molecular complexity index is 569. The number of carbonyl (C=O) groups is 1. The minimum absolute atomic E-state index is 0.165. The molecule has 0 saturated carbocycles. The maximum absolute atomic E-state index is 12.0. The molecule has 2 aromatic rings. The lowest BCUT2D eigenvalue weighted by atomic mass is 10.2. The predicted octanol–water partition coefficient (Wildman–Crippen LogP) is 2.13. The fourth-order valence-corrected chi connectivity index (χ4v) is 2.33. The van der Waals surface area contributed by atoms with E-state index in [1.165, 1.54) is 0 Å². The molecule has 1 heterocycles. The van der Waals surface area contributed by atoms with Crippen molar-refractivity contribution in [2.24, 2.45) is 0 Å². The Balaban J connectivity index is 1.99. The van der Waals surface area contributed by atoms with Crippen LogP contribution in [0, 0.1) is 0 Å². The van der Waals surface area contributed by atoms with Gasteiger partial charge in [-0.1, -0.05) is 30.0 Å². The highest BCUT2D eigenvalue weighted by atomic mass is 32.1. The van der Waals surface area contributed by atoms with Crippen molar-refractivity contribution in [2.45, 2.75) is 26.3 Å². The fourth-order valence-electron chi connectivity index (χ4n) is 1.71. The molecule has 0 fully saturated rings. The van der Waals surface area contributed by atoms with Gasteiger partial charge >= 0.3 is 0 Å². The summed E-state index contributed by atoms with van der Waals surface area (Å²) in [5, 5.41) is 16.1. The van der Waals surface area contributed by atoms with E-state index in [1.807, 2.05) is 13.0 Å². The number of aromatic nitrogens is 2. The van der Waals surface area contributed by atoms with Crippen LogP contribution < -0.4 is 5.32 Å². The highest BCUT2D eigenvalue weighted by molar-refractivity contribution is 7.08. The van der Waals surface area contributed by atoms with Crippen LogP contribution in [0.4, 0.5) is 0 Å². The van der Waals surface area contributed by atoms with Crippen LogP contribution in [0.2, 0.25) is 0 Å². The summed E-state index contributed by atoms with van der Waals surface area (Å²) in [5.74, 6) is 0.0275. The number of nitrogens with one attached hydrogen (secondary N) is 1. The van der Waals surface area contributed by atoms with E-state index in [-0.39, 0.29) is 11.7 Å². The molecule has 0 saturated heterocycles. The van der Waals surface area contributed by atoms with Gasteiger partial charge in [0, 0.05) is 6.54 Å². The van der Waals surface area contributed by atoms with E-state index < -0.39 is 0 Å². The Hall–Kier alpha value is -1.95. The van der Waals surface area contributed by atoms with Gasteiger partial charge in [0.15, 0.2) is 0 Å². The summed E-state index contributed by atoms with van der Waals surface area (Å²) in [7, 11) is 0. The molecule has 0 aliphatic carbocycles. The minimum Gasteiger partial charge on any atom is -0.508 e. The van der Waals surface area contributed by atoms with E-state index in [2.05, 4.69) is 14.9 Å². The molecule has 5 nitrogen and oxygen atoms in total. The van der Waals surface area contributed by atoms with Crippen LogP contribution in [-0.2, 0) is 13.0 Å². The van der Waals surface area contributed by atoms with Gasteiger partial charge < -0.3 is 10.4 Å². The molecule has 1 aromatic carbocycles. The first-order valence-electron chi connectivity index (χ1n) is 6.08. The van der Waals surface area contributed by atoms with E-state index in [1.54, 1.807) is 18.2 Å². The molecular weight excluding hydrogens is 262 g/mol. The van der Waals surface area contributed by atoms with Crippen molar-refractivity contribution < 1.29 is 9.90 Å². The maximum atomic E-state index is 12.0. The molecule has 2 rings (SSSR count). The molecule has 1 amide bonds. The first kappa shape index (κ1) is 13.5. The van der Waals surface area contributed by atoms with Crippen molar-refractivity contribution in [1.82, 2.24) is 14.9 Å². The molecule has 6 heteroatoms. The van der Waals surface area contributed by atoms with Crippen molar-refractivity contribution in [3.05, 3.63) is 40.4 Å². The van der Waals surface area contributed by atoms with Crippen LogP contribution in [-0.4, -0.2) is 20.6 Å². The van der Waals surface area contributed by atoms with E-state index in [4.69, 9.17) is 0 Å². The number of nitrogens with zero attached hydrogens (tertiary/aromatic N) is 2. The molecule has 0 radical (unpaired) electrons. The molecule has 1 aromatic heterocycles. The molecule has 100 valence electrons. The van der Waals surface area contributed by atoms with Gasteiger partial charge in [-0.15, -0.1) is 5.10 Å². The van der Waals surface area contributed by atoms with Crippen molar-refractivity contribution in [3.63, 3.8) is 0 Å². The second kappa shape index (κ2) is 6.29. The summed E-state index contributed by atoms with van der Waals surface area (Å²) in [4.78, 5) is 12.6. The number of benzene rings is 1. The number of amides is 1. The number of carbonyl (C=O) groups excluding carboxylic acids is 1. The number of phenols is 1. The summed E-state index contributed by atoms with van der Waals surface area (Å²) in [6.45, 7) is 2.41. The summed E-state index contributed by atoms with van der Waals surface area (Å²) in [6, 6.07) is 6.81. The van der Waals surface area contributed by atoms with Crippen molar-refractivity contribution in [2.75, 3.05) is 0 Å². The number of aryl methyl sites for hydroxylation is 1.